The van der Waals surface area contributed by atoms with Gasteiger partial charge in [-0.25, -0.2) is 0 Å². The first-order valence-corrected chi connectivity index (χ1v) is 8.26. The van der Waals surface area contributed by atoms with E-state index < -0.39 is 12.0 Å². The molecule has 0 saturated heterocycles. The van der Waals surface area contributed by atoms with Gasteiger partial charge in [0.2, 0.25) is 5.91 Å². The minimum atomic E-state index is -0.867. The summed E-state index contributed by atoms with van der Waals surface area (Å²) in [5.74, 6) is -1.00. The molecule has 0 fully saturated rings. The molecule has 1 unspecified atom stereocenters. The zero-order valence-corrected chi connectivity index (χ0v) is 14.5. The molecule has 1 aromatic rings. The van der Waals surface area contributed by atoms with Gasteiger partial charge in [0.1, 0.15) is 6.04 Å². The van der Waals surface area contributed by atoms with E-state index >= 15 is 0 Å². The van der Waals surface area contributed by atoms with Crippen molar-refractivity contribution in [3.05, 3.63) is 28.7 Å². The summed E-state index contributed by atoms with van der Waals surface area (Å²) in [5, 5.41) is 15.0. The molecule has 0 spiro atoms. The minimum absolute atomic E-state index is 0.137. The van der Waals surface area contributed by atoms with Gasteiger partial charge in [-0.05, 0) is 37.6 Å². The minimum Gasteiger partial charge on any atom is -0.480 e. The normalized spacial score (nSPS) is 13.4. The number of carbonyl (C=O) groups is 2. The molecule has 2 atom stereocenters. The highest BCUT2D eigenvalue weighted by Gasteiger charge is 2.20. The van der Waals surface area contributed by atoms with Gasteiger partial charge in [-0.2, -0.15) is 0 Å². The molecular formula is C16H23BrN2O3. The first kappa shape index (κ1) is 18.6. The molecule has 22 heavy (non-hydrogen) atoms. The fourth-order valence-corrected chi connectivity index (χ4v) is 2.38. The standard InChI is InChI=1S/C16H23BrN2O3/c1-3-4-5-14(16(21)22)18-11(2)10-15(20)19-13-8-6-12(17)7-9-13/h6-9,11,14,18H,3-5,10H2,1-2H3,(H,19,20)(H,21,22)/t11?,14-/m0/s1. The lowest BCUT2D eigenvalue weighted by Gasteiger charge is -2.19. The fraction of sp³-hybridized carbons (Fsp3) is 0.500. The summed E-state index contributed by atoms with van der Waals surface area (Å²) >= 11 is 3.33. The molecule has 3 N–H and O–H groups in total. The van der Waals surface area contributed by atoms with Gasteiger partial charge in [-0.1, -0.05) is 35.7 Å². The third-order valence-electron chi connectivity index (χ3n) is 3.25. The molecule has 0 aromatic heterocycles. The van der Waals surface area contributed by atoms with Crippen molar-refractivity contribution < 1.29 is 14.7 Å². The molecule has 122 valence electrons. The number of benzene rings is 1. The Hall–Kier alpha value is -1.40. The van der Waals surface area contributed by atoms with E-state index in [9.17, 15) is 14.7 Å². The van der Waals surface area contributed by atoms with Crippen LogP contribution in [0.15, 0.2) is 28.7 Å². The van der Waals surface area contributed by atoms with Crippen molar-refractivity contribution >= 4 is 33.5 Å². The van der Waals surface area contributed by atoms with Crippen molar-refractivity contribution in [3.63, 3.8) is 0 Å². The van der Waals surface area contributed by atoms with Gasteiger partial charge in [0.25, 0.3) is 0 Å². The highest BCUT2D eigenvalue weighted by atomic mass is 79.9. The summed E-state index contributed by atoms with van der Waals surface area (Å²) in [6.07, 6.45) is 2.60. The monoisotopic (exact) mass is 370 g/mol. The second kappa shape index (κ2) is 9.58. The van der Waals surface area contributed by atoms with E-state index in [1.807, 2.05) is 26.0 Å². The van der Waals surface area contributed by atoms with Gasteiger partial charge >= 0.3 is 5.97 Å². The van der Waals surface area contributed by atoms with Crippen LogP contribution in [0.1, 0.15) is 39.5 Å². The predicted molar refractivity (Wildman–Crippen MR) is 90.9 cm³/mol. The Morgan fingerprint density at radius 1 is 1.27 bits per heavy atom. The molecule has 0 bridgehead atoms. The quantitative estimate of drug-likeness (QED) is 0.622. The number of anilines is 1. The topological polar surface area (TPSA) is 78.4 Å². The zero-order valence-electron chi connectivity index (χ0n) is 12.9. The van der Waals surface area contributed by atoms with Crippen LogP contribution in [0.4, 0.5) is 5.69 Å². The number of unbranched alkanes of at least 4 members (excludes halogenated alkanes) is 1. The van der Waals surface area contributed by atoms with Crippen LogP contribution in [0.2, 0.25) is 0 Å². The number of hydrogen-bond acceptors (Lipinski definition) is 3. The van der Waals surface area contributed by atoms with Crippen molar-refractivity contribution in [2.75, 3.05) is 5.32 Å². The third kappa shape index (κ3) is 7.04. The number of rotatable bonds is 9. The van der Waals surface area contributed by atoms with Crippen molar-refractivity contribution in [3.8, 4) is 0 Å². The van der Waals surface area contributed by atoms with Crippen LogP contribution >= 0.6 is 15.9 Å². The molecule has 0 aliphatic carbocycles. The molecule has 0 aliphatic rings. The number of amides is 1. The van der Waals surface area contributed by atoms with E-state index in [1.165, 1.54) is 0 Å². The van der Waals surface area contributed by atoms with Crippen LogP contribution in [0.3, 0.4) is 0 Å². The van der Waals surface area contributed by atoms with Crippen molar-refractivity contribution in [2.24, 2.45) is 0 Å². The highest BCUT2D eigenvalue weighted by Crippen LogP contribution is 2.14. The maximum atomic E-state index is 12.0. The van der Waals surface area contributed by atoms with Gasteiger partial charge in [0.15, 0.2) is 0 Å². The Kier molecular flexibility index (Phi) is 8.12. The van der Waals surface area contributed by atoms with Gasteiger partial charge < -0.3 is 15.7 Å². The number of aliphatic carboxylic acids is 1. The van der Waals surface area contributed by atoms with Gasteiger partial charge in [-0.3, -0.25) is 9.59 Å². The van der Waals surface area contributed by atoms with E-state index in [0.29, 0.717) is 6.42 Å². The van der Waals surface area contributed by atoms with Crippen LogP contribution in [-0.4, -0.2) is 29.1 Å². The predicted octanol–water partition coefficient (Wildman–Crippen LogP) is 3.40. The maximum absolute atomic E-state index is 12.0. The van der Waals surface area contributed by atoms with E-state index in [2.05, 4.69) is 26.6 Å². The molecule has 0 radical (unpaired) electrons. The average molecular weight is 371 g/mol. The van der Waals surface area contributed by atoms with Crippen LogP contribution in [-0.2, 0) is 9.59 Å². The van der Waals surface area contributed by atoms with E-state index in [4.69, 9.17) is 0 Å². The smallest absolute Gasteiger partial charge is 0.320 e. The highest BCUT2D eigenvalue weighted by molar-refractivity contribution is 9.10. The van der Waals surface area contributed by atoms with E-state index in [1.54, 1.807) is 12.1 Å². The van der Waals surface area contributed by atoms with Crippen LogP contribution < -0.4 is 10.6 Å². The van der Waals surface area contributed by atoms with E-state index in [-0.39, 0.29) is 18.4 Å². The zero-order chi connectivity index (χ0) is 16.5. The molecule has 6 heteroatoms. The first-order chi connectivity index (χ1) is 10.4. The molecule has 0 heterocycles. The van der Waals surface area contributed by atoms with Crippen LogP contribution in [0.25, 0.3) is 0 Å². The molecular weight excluding hydrogens is 348 g/mol. The molecule has 5 nitrogen and oxygen atoms in total. The molecule has 1 aromatic carbocycles. The Labute approximate surface area is 139 Å². The van der Waals surface area contributed by atoms with Crippen LogP contribution in [0, 0.1) is 0 Å². The molecule has 0 aliphatic heterocycles. The lowest BCUT2D eigenvalue weighted by Crippen LogP contribution is -2.43. The summed E-state index contributed by atoms with van der Waals surface area (Å²) < 4.78 is 0.945. The number of hydrogen-bond donors (Lipinski definition) is 3. The van der Waals surface area contributed by atoms with Crippen molar-refractivity contribution in [1.29, 1.82) is 0 Å². The summed E-state index contributed by atoms with van der Waals surface area (Å²) in [6.45, 7) is 3.84. The van der Waals surface area contributed by atoms with Gasteiger partial charge in [0, 0.05) is 22.6 Å². The fourth-order valence-electron chi connectivity index (χ4n) is 2.11. The maximum Gasteiger partial charge on any atom is 0.320 e. The van der Waals surface area contributed by atoms with Crippen molar-refractivity contribution in [2.45, 2.75) is 51.6 Å². The van der Waals surface area contributed by atoms with Gasteiger partial charge in [0.05, 0.1) is 0 Å². The van der Waals surface area contributed by atoms with Crippen LogP contribution in [0.5, 0.6) is 0 Å². The van der Waals surface area contributed by atoms with Gasteiger partial charge in [-0.15, -0.1) is 0 Å². The molecule has 1 rings (SSSR count). The number of carbonyl (C=O) groups excluding carboxylic acids is 1. The number of nitrogens with one attached hydrogen (secondary N) is 2. The summed E-state index contributed by atoms with van der Waals surface area (Å²) in [5.41, 5.74) is 0.723. The lowest BCUT2D eigenvalue weighted by molar-refractivity contribution is -0.140. The number of halogens is 1. The number of carboxylic acids is 1. The van der Waals surface area contributed by atoms with E-state index in [0.717, 1.165) is 23.0 Å². The first-order valence-electron chi connectivity index (χ1n) is 7.46. The summed E-state index contributed by atoms with van der Waals surface area (Å²) in [7, 11) is 0. The Morgan fingerprint density at radius 2 is 1.91 bits per heavy atom. The second-order valence-corrected chi connectivity index (χ2v) is 6.28. The molecule has 0 saturated carbocycles. The van der Waals surface area contributed by atoms with Crippen molar-refractivity contribution in [1.82, 2.24) is 5.32 Å². The second-order valence-electron chi connectivity index (χ2n) is 5.36. The third-order valence-corrected chi connectivity index (χ3v) is 3.78. The Balaban J connectivity index is 2.45. The Morgan fingerprint density at radius 3 is 2.45 bits per heavy atom. The summed E-state index contributed by atoms with van der Waals surface area (Å²) in [6, 6.07) is 6.51. The summed E-state index contributed by atoms with van der Waals surface area (Å²) in [4.78, 5) is 23.1. The SMILES string of the molecule is CCCC[C@H](NC(C)CC(=O)Nc1ccc(Br)cc1)C(=O)O. The Bertz CT molecular complexity index is 491. The largest absolute Gasteiger partial charge is 0.480 e. The number of carboxylic acid groups (broad SMARTS) is 1. The molecule has 1 amide bonds. The average Bonchev–Trinajstić information content (AvgIpc) is 2.45. The lowest BCUT2D eigenvalue weighted by atomic mass is 10.1.